The van der Waals surface area contributed by atoms with E-state index in [9.17, 15) is 0 Å². The highest BCUT2D eigenvalue weighted by Crippen LogP contribution is 2.59. The van der Waals surface area contributed by atoms with Gasteiger partial charge in [0.2, 0.25) is 0 Å². The van der Waals surface area contributed by atoms with Gasteiger partial charge >= 0.3 is 0 Å². The zero-order chi connectivity index (χ0) is 12.5. The second-order valence-electron chi connectivity index (χ2n) is 6.41. The summed E-state index contributed by atoms with van der Waals surface area (Å²) in [5.41, 5.74) is 4.51. The maximum absolute atomic E-state index is 2.38. The van der Waals surface area contributed by atoms with Crippen LogP contribution in [0.3, 0.4) is 0 Å². The third-order valence-corrected chi connectivity index (χ3v) is 4.46. The molecule has 96 valence electrons. The van der Waals surface area contributed by atoms with Gasteiger partial charge < -0.3 is 0 Å². The topological polar surface area (TPSA) is 0 Å². The molecule has 0 aromatic heterocycles. The fourth-order valence-corrected chi connectivity index (χ4v) is 3.10. The lowest BCUT2D eigenvalue weighted by atomic mass is 10.0. The Morgan fingerprint density at radius 1 is 1.17 bits per heavy atom. The Kier molecular flexibility index (Phi) is 3.28. The van der Waals surface area contributed by atoms with Crippen molar-refractivity contribution in [2.75, 3.05) is 0 Å². The molecule has 2 saturated carbocycles. The largest absolute Gasteiger partial charge is 0.0856 e. The number of rotatable bonds is 5. The maximum Gasteiger partial charge on any atom is -0.0128 e. The minimum Gasteiger partial charge on any atom is -0.0856 e. The van der Waals surface area contributed by atoms with Crippen LogP contribution in [-0.4, -0.2) is 0 Å². The molecule has 2 aliphatic rings. The molecule has 1 aromatic carbocycles. The molecule has 0 heterocycles. The van der Waals surface area contributed by atoms with Crippen LogP contribution < -0.4 is 0 Å². The van der Waals surface area contributed by atoms with Crippen LogP contribution in [0.4, 0.5) is 0 Å². The van der Waals surface area contributed by atoms with Crippen LogP contribution in [0, 0.1) is 11.8 Å². The molecule has 0 saturated heterocycles. The quantitative estimate of drug-likeness (QED) is 0.628. The van der Waals surface area contributed by atoms with E-state index in [2.05, 4.69) is 44.2 Å². The Hall–Kier alpha value is -1.04. The Bertz CT molecular complexity index is 430. The molecule has 0 nitrogen and oxygen atoms in total. The van der Waals surface area contributed by atoms with Crippen molar-refractivity contribution in [3.8, 4) is 0 Å². The minimum absolute atomic E-state index is 0.907. The summed E-state index contributed by atoms with van der Waals surface area (Å²) in [5, 5.41) is 0. The number of benzene rings is 1. The van der Waals surface area contributed by atoms with Crippen LogP contribution in [0.1, 0.15) is 56.6 Å². The highest BCUT2D eigenvalue weighted by molar-refractivity contribution is 5.30. The molecule has 0 spiro atoms. The predicted octanol–water partition coefficient (Wildman–Crippen LogP) is 5.10. The van der Waals surface area contributed by atoms with Gasteiger partial charge in [-0.3, -0.25) is 0 Å². The standard InChI is InChI=1S/C18H24/c1-13(2)4-3-5-14-6-8-15(9-7-14)17-12-18(17)16-10-11-16/h4,6-9,16-18H,3,5,10-12H2,1-2H3/t17-,18-/m1/s1. The van der Waals surface area contributed by atoms with Crippen molar-refractivity contribution in [1.29, 1.82) is 0 Å². The van der Waals surface area contributed by atoms with Gasteiger partial charge in [0, 0.05) is 0 Å². The van der Waals surface area contributed by atoms with Gasteiger partial charge in [0.1, 0.15) is 0 Å². The van der Waals surface area contributed by atoms with Crippen LogP contribution in [0.5, 0.6) is 0 Å². The van der Waals surface area contributed by atoms with E-state index in [1.54, 1.807) is 5.56 Å². The van der Waals surface area contributed by atoms with E-state index in [-0.39, 0.29) is 0 Å². The molecule has 0 amide bonds. The summed E-state index contributed by atoms with van der Waals surface area (Å²) in [6, 6.07) is 9.45. The van der Waals surface area contributed by atoms with Gasteiger partial charge in [0.05, 0.1) is 0 Å². The van der Waals surface area contributed by atoms with E-state index in [0.717, 1.165) is 17.8 Å². The van der Waals surface area contributed by atoms with Gasteiger partial charge in [-0.15, -0.1) is 0 Å². The van der Waals surface area contributed by atoms with Crippen LogP contribution in [0.2, 0.25) is 0 Å². The smallest absolute Gasteiger partial charge is 0.0128 e. The third-order valence-electron chi connectivity index (χ3n) is 4.46. The average molecular weight is 240 g/mol. The monoisotopic (exact) mass is 240 g/mol. The molecule has 0 bridgehead atoms. The van der Waals surface area contributed by atoms with E-state index in [1.807, 2.05) is 0 Å². The van der Waals surface area contributed by atoms with Crippen molar-refractivity contribution in [2.45, 2.75) is 51.9 Å². The predicted molar refractivity (Wildman–Crippen MR) is 77.8 cm³/mol. The zero-order valence-corrected chi connectivity index (χ0v) is 11.7. The van der Waals surface area contributed by atoms with Gasteiger partial charge in [-0.1, -0.05) is 35.9 Å². The summed E-state index contributed by atoms with van der Waals surface area (Å²) >= 11 is 0. The van der Waals surface area contributed by atoms with E-state index >= 15 is 0 Å². The van der Waals surface area contributed by atoms with Gasteiger partial charge in [-0.25, -0.2) is 0 Å². The minimum atomic E-state index is 0.907. The van der Waals surface area contributed by atoms with Crippen LogP contribution in [0.15, 0.2) is 35.9 Å². The molecule has 2 aliphatic carbocycles. The van der Waals surface area contributed by atoms with E-state index in [1.165, 1.54) is 43.2 Å². The zero-order valence-electron chi connectivity index (χ0n) is 11.7. The van der Waals surface area contributed by atoms with Crippen LogP contribution >= 0.6 is 0 Å². The van der Waals surface area contributed by atoms with Gasteiger partial charge in [-0.05, 0) is 74.8 Å². The van der Waals surface area contributed by atoms with Crippen molar-refractivity contribution < 1.29 is 0 Å². The number of hydrogen-bond acceptors (Lipinski definition) is 0. The average Bonchev–Trinajstić information content (AvgIpc) is 3.21. The molecule has 2 fully saturated rings. The lowest BCUT2D eigenvalue weighted by molar-refractivity contribution is 0.690. The SMILES string of the molecule is CC(C)=CCCc1ccc([C@H]2C[C@@H]2C2CC2)cc1. The Labute approximate surface area is 111 Å². The molecule has 0 radical (unpaired) electrons. The molecule has 18 heavy (non-hydrogen) atoms. The Balaban J connectivity index is 1.54. The highest BCUT2D eigenvalue weighted by atomic mass is 14.5. The van der Waals surface area contributed by atoms with E-state index in [0.29, 0.717) is 0 Å². The van der Waals surface area contributed by atoms with E-state index in [4.69, 9.17) is 0 Å². The first-order valence-corrected chi connectivity index (χ1v) is 7.46. The Morgan fingerprint density at radius 3 is 2.50 bits per heavy atom. The van der Waals surface area contributed by atoms with Gasteiger partial charge in [0.25, 0.3) is 0 Å². The summed E-state index contributed by atoms with van der Waals surface area (Å²) < 4.78 is 0. The molecular weight excluding hydrogens is 216 g/mol. The van der Waals surface area contributed by atoms with Crippen molar-refractivity contribution in [2.24, 2.45) is 11.8 Å². The summed E-state index contributed by atoms with van der Waals surface area (Å²) in [5.74, 6) is 3.04. The fourth-order valence-electron chi connectivity index (χ4n) is 3.10. The van der Waals surface area contributed by atoms with Crippen molar-refractivity contribution in [3.05, 3.63) is 47.0 Å². The molecule has 0 unspecified atom stereocenters. The first-order valence-electron chi connectivity index (χ1n) is 7.46. The first kappa shape index (κ1) is 12.0. The first-order chi connectivity index (χ1) is 8.74. The molecular formula is C18H24. The van der Waals surface area contributed by atoms with Gasteiger partial charge in [-0.2, -0.15) is 0 Å². The maximum atomic E-state index is 2.38. The number of aryl methyl sites for hydroxylation is 1. The summed E-state index contributed by atoms with van der Waals surface area (Å²) in [6.45, 7) is 4.35. The van der Waals surface area contributed by atoms with Gasteiger partial charge in [0.15, 0.2) is 0 Å². The Morgan fingerprint density at radius 2 is 1.89 bits per heavy atom. The summed E-state index contributed by atoms with van der Waals surface area (Å²) in [7, 11) is 0. The number of hydrogen-bond donors (Lipinski definition) is 0. The molecule has 3 rings (SSSR count). The second-order valence-corrected chi connectivity index (χ2v) is 6.41. The lowest BCUT2D eigenvalue weighted by Crippen LogP contribution is -1.88. The second kappa shape index (κ2) is 4.91. The fraction of sp³-hybridized carbons (Fsp3) is 0.556. The highest BCUT2D eigenvalue weighted by Gasteiger charge is 2.47. The van der Waals surface area contributed by atoms with Crippen molar-refractivity contribution in [1.82, 2.24) is 0 Å². The number of allylic oxidation sites excluding steroid dienone is 2. The van der Waals surface area contributed by atoms with Crippen molar-refractivity contribution >= 4 is 0 Å². The normalized spacial score (nSPS) is 25.9. The molecule has 0 aliphatic heterocycles. The lowest BCUT2D eigenvalue weighted by Gasteiger charge is -2.03. The third kappa shape index (κ3) is 2.85. The van der Waals surface area contributed by atoms with E-state index < -0.39 is 0 Å². The summed E-state index contributed by atoms with van der Waals surface area (Å²) in [6.07, 6.45) is 9.15. The van der Waals surface area contributed by atoms with Crippen LogP contribution in [0.25, 0.3) is 0 Å². The molecule has 1 aromatic rings. The van der Waals surface area contributed by atoms with Crippen LogP contribution in [-0.2, 0) is 6.42 Å². The molecule has 2 atom stereocenters. The summed E-state index contributed by atoms with van der Waals surface area (Å²) in [4.78, 5) is 0. The molecule has 0 heteroatoms. The molecule has 0 N–H and O–H groups in total. The van der Waals surface area contributed by atoms with Crippen molar-refractivity contribution in [3.63, 3.8) is 0 Å².